The first-order valence-electron chi connectivity index (χ1n) is 5.24. The summed E-state index contributed by atoms with van der Waals surface area (Å²) in [7, 11) is 1.81. The number of amides is 1. The molecule has 1 saturated carbocycles. The summed E-state index contributed by atoms with van der Waals surface area (Å²) in [6, 6.07) is 1.72. The topological polar surface area (TPSA) is 59.2 Å². The lowest BCUT2D eigenvalue weighted by Crippen LogP contribution is -2.29. The van der Waals surface area contributed by atoms with Gasteiger partial charge >= 0.3 is 0 Å². The zero-order valence-electron chi connectivity index (χ0n) is 9.11. The quantitative estimate of drug-likeness (QED) is 0.922. The van der Waals surface area contributed by atoms with Gasteiger partial charge in [-0.1, -0.05) is 0 Å². The lowest BCUT2D eigenvalue weighted by molar-refractivity contribution is 0.0789. The van der Waals surface area contributed by atoms with Gasteiger partial charge in [0.05, 0.1) is 5.56 Å². The standard InChI is InChI=1S/C11H14BrN3O/c1-15(6-7-2-3-7)11(16)9-4-8(12)5-14-10(9)13/h4-5,7H,2-3,6H2,1H3,(H2,13,14). The molecule has 0 bridgehead atoms. The summed E-state index contributed by atoms with van der Waals surface area (Å²) in [6.45, 7) is 0.810. The van der Waals surface area contributed by atoms with E-state index in [9.17, 15) is 4.79 Å². The predicted molar refractivity (Wildman–Crippen MR) is 66.0 cm³/mol. The SMILES string of the molecule is CN(CC1CC1)C(=O)c1cc(Br)cnc1N. The average Bonchev–Trinajstić information content (AvgIpc) is 3.04. The third-order valence-electron chi connectivity index (χ3n) is 2.69. The smallest absolute Gasteiger partial charge is 0.257 e. The lowest BCUT2D eigenvalue weighted by Gasteiger charge is -2.17. The summed E-state index contributed by atoms with van der Waals surface area (Å²) in [5.41, 5.74) is 6.17. The Morgan fingerprint density at radius 1 is 1.69 bits per heavy atom. The first-order chi connectivity index (χ1) is 7.58. The molecule has 1 amide bonds. The van der Waals surface area contributed by atoms with E-state index in [0.717, 1.165) is 11.0 Å². The van der Waals surface area contributed by atoms with E-state index >= 15 is 0 Å². The predicted octanol–water partition coefficient (Wildman–Crippen LogP) is 1.91. The number of nitrogens with zero attached hydrogens (tertiary/aromatic N) is 2. The Morgan fingerprint density at radius 3 is 3.00 bits per heavy atom. The van der Waals surface area contributed by atoms with E-state index in [4.69, 9.17) is 5.73 Å². The Bertz CT molecular complexity index is 418. The van der Waals surface area contributed by atoms with Gasteiger partial charge in [-0.3, -0.25) is 4.79 Å². The Kier molecular flexibility index (Phi) is 3.14. The van der Waals surface area contributed by atoms with Crippen molar-refractivity contribution in [2.75, 3.05) is 19.3 Å². The van der Waals surface area contributed by atoms with Crippen molar-refractivity contribution in [3.8, 4) is 0 Å². The fraction of sp³-hybridized carbons (Fsp3) is 0.455. The van der Waals surface area contributed by atoms with Gasteiger partial charge in [0, 0.05) is 24.3 Å². The minimum atomic E-state index is -0.0572. The maximum atomic E-state index is 12.1. The normalized spacial score (nSPS) is 14.9. The van der Waals surface area contributed by atoms with E-state index in [0.29, 0.717) is 11.5 Å². The van der Waals surface area contributed by atoms with Gasteiger partial charge in [-0.15, -0.1) is 0 Å². The van der Waals surface area contributed by atoms with E-state index in [1.54, 1.807) is 24.2 Å². The van der Waals surface area contributed by atoms with Crippen molar-refractivity contribution in [3.05, 3.63) is 22.3 Å². The monoisotopic (exact) mass is 283 g/mol. The van der Waals surface area contributed by atoms with Crippen molar-refractivity contribution in [3.63, 3.8) is 0 Å². The van der Waals surface area contributed by atoms with Crippen LogP contribution in [0.15, 0.2) is 16.7 Å². The number of carbonyl (C=O) groups is 1. The summed E-state index contributed by atoms with van der Waals surface area (Å²) < 4.78 is 0.768. The van der Waals surface area contributed by atoms with Gasteiger partial charge in [-0.05, 0) is 40.8 Å². The van der Waals surface area contributed by atoms with Crippen LogP contribution in [0, 0.1) is 5.92 Å². The lowest BCUT2D eigenvalue weighted by atomic mass is 10.2. The zero-order valence-corrected chi connectivity index (χ0v) is 10.7. The minimum absolute atomic E-state index is 0.0572. The summed E-state index contributed by atoms with van der Waals surface area (Å²) in [6.07, 6.45) is 4.04. The van der Waals surface area contributed by atoms with Crippen LogP contribution in [0.5, 0.6) is 0 Å². The van der Waals surface area contributed by atoms with E-state index in [-0.39, 0.29) is 11.7 Å². The van der Waals surface area contributed by atoms with Crippen molar-refractivity contribution < 1.29 is 4.79 Å². The molecule has 1 aliphatic rings. The van der Waals surface area contributed by atoms with Gasteiger partial charge in [-0.2, -0.15) is 0 Å². The molecule has 86 valence electrons. The second-order valence-corrected chi connectivity index (χ2v) is 5.13. The van der Waals surface area contributed by atoms with Crippen LogP contribution in [-0.2, 0) is 0 Å². The molecular formula is C11H14BrN3O. The first-order valence-corrected chi connectivity index (χ1v) is 6.03. The average molecular weight is 284 g/mol. The minimum Gasteiger partial charge on any atom is -0.383 e. The van der Waals surface area contributed by atoms with Gasteiger partial charge in [0.2, 0.25) is 0 Å². The van der Waals surface area contributed by atoms with Crippen molar-refractivity contribution in [1.82, 2.24) is 9.88 Å². The van der Waals surface area contributed by atoms with Gasteiger partial charge in [0.25, 0.3) is 5.91 Å². The van der Waals surface area contributed by atoms with Crippen LogP contribution in [0.4, 0.5) is 5.82 Å². The molecule has 1 fully saturated rings. The van der Waals surface area contributed by atoms with Crippen LogP contribution in [0.3, 0.4) is 0 Å². The van der Waals surface area contributed by atoms with Crippen LogP contribution in [0.2, 0.25) is 0 Å². The molecule has 1 aromatic rings. The molecule has 2 rings (SSSR count). The number of pyridine rings is 1. The number of hydrogen-bond acceptors (Lipinski definition) is 3. The molecule has 0 radical (unpaired) electrons. The van der Waals surface area contributed by atoms with E-state index in [2.05, 4.69) is 20.9 Å². The highest BCUT2D eigenvalue weighted by Crippen LogP contribution is 2.30. The molecular weight excluding hydrogens is 270 g/mol. The molecule has 0 aliphatic heterocycles. The molecule has 0 unspecified atom stereocenters. The van der Waals surface area contributed by atoms with E-state index < -0.39 is 0 Å². The summed E-state index contributed by atoms with van der Waals surface area (Å²) in [5, 5.41) is 0. The number of carbonyl (C=O) groups excluding carboxylic acids is 1. The Hall–Kier alpha value is -1.10. The Balaban J connectivity index is 2.14. The van der Waals surface area contributed by atoms with Crippen molar-refractivity contribution >= 4 is 27.7 Å². The number of anilines is 1. The highest BCUT2D eigenvalue weighted by Gasteiger charge is 2.26. The second-order valence-electron chi connectivity index (χ2n) is 4.22. The second kappa shape index (κ2) is 4.41. The molecule has 16 heavy (non-hydrogen) atoms. The summed E-state index contributed by atoms with van der Waals surface area (Å²) in [5.74, 6) is 0.907. The van der Waals surface area contributed by atoms with Crippen LogP contribution in [-0.4, -0.2) is 29.4 Å². The Labute approximate surface area is 103 Å². The number of aromatic nitrogens is 1. The van der Waals surface area contributed by atoms with Gasteiger partial charge in [0.1, 0.15) is 5.82 Å². The summed E-state index contributed by atoms with van der Waals surface area (Å²) >= 11 is 3.29. The van der Waals surface area contributed by atoms with Crippen LogP contribution < -0.4 is 5.73 Å². The number of nitrogen functional groups attached to an aromatic ring is 1. The van der Waals surface area contributed by atoms with Crippen LogP contribution >= 0.6 is 15.9 Å². The molecule has 4 nitrogen and oxygen atoms in total. The molecule has 1 aliphatic carbocycles. The highest BCUT2D eigenvalue weighted by molar-refractivity contribution is 9.10. The number of nitrogens with two attached hydrogens (primary N) is 1. The number of rotatable bonds is 3. The van der Waals surface area contributed by atoms with Crippen LogP contribution in [0.25, 0.3) is 0 Å². The van der Waals surface area contributed by atoms with Gasteiger partial charge in [-0.25, -0.2) is 4.98 Å². The van der Waals surface area contributed by atoms with Crippen molar-refractivity contribution in [1.29, 1.82) is 0 Å². The van der Waals surface area contributed by atoms with Crippen LogP contribution in [0.1, 0.15) is 23.2 Å². The van der Waals surface area contributed by atoms with E-state index in [1.807, 2.05) is 0 Å². The highest BCUT2D eigenvalue weighted by atomic mass is 79.9. The third-order valence-corrected chi connectivity index (χ3v) is 3.12. The first kappa shape index (κ1) is 11.4. The van der Waals surface area contributed by atoms with E-state index in [1.165, 1.54) is 12.8 Å². The summed E-state index contributed by atoms with van der Waals surface area (Å²) in [4.78, 5) is 17.7. The maximum absolute atomic E-state index is 12.1. The number of halogens is 1. The third kappa shape index (κ3) is 2.52. The molecule has 2 N–H and O–H groups in total. The molecule has 5 heteroatoms. The van der Waals surface area contributed by atoms with Gasteiger partial charge in [0.15, 0.2) is 0 Å². The molecule has 0 saturated heterocycles. The Morgan fingerprint density at radius 2 is 2.38 bits per heavy atom. The fourth-order valence-corrected chi connectivity index (χ4v) is 1.93. The largest absolute Gasteiger partial charge is 0.383 e. The molecule has 0 aromatic carbocycles. The molecule has 0 atom stereocenters. The molecule has 1 aromatic heterocycles. The molecule has 1 heterocycles. The zero-order chi connectivity index (χ0) is 11.7. The van der Waals surface area contributed by atoms with Crippen molar-refractivity contribution in [2.24, 2.45) is 5.92 Å². The maximum Gasteiger partial charge on any atom is 0.257 e. The fourth-order valence-electron chi connectivity index (χ4n) is 1.60. The number of hydrogen-bond donors (Lipinski definition) is 1. The van der Waals surface area contributed by atoms with Crippen molar-refractivity contribution in [2.45, 2.75) is 12.8 Å². The van der Waals surface area contributed by atoms with Gasteiger partial charge < -0.3 is 10.6 Å². The molecule has 0 spiro atoms.